The highest BCUT2D eigenvalue weighted by atomic mass is 32.1. The Morgan fingerprint density at radius 3 is 2.26 bits per heavy atom. The van der Waals surface area contributed by atoms with Gasteiger partial charge in [-0.1, -0.05) is 55.0 Å². The van der Waals surface area contributed by atoms with Crippen molar-refractivity contribution in [2.45, 2.75) is 51.6 Å². The largest absolute Gasteiger partial charge is 0.446 e. The summed E-state index contributed by atoms with van der Waals surface area (Å²) in [6.07, 6.45) is 4.14. The number of hydrogen-bond acceptors (Lipinski definition) is 9. The molecule has 0 bridgehead atoms. The van der Waals surface area contributed by atoms with Crippen molar-refractivity contribution in [2.24, 2.45) is 0 Å². The smallest absolute Gasteiger partial charge is 0.411 e. The molecule has 4 amide bonds. The van der Waals surface area contributed by atoms with Gasteiger partial charge < -0.3 is 34.4 Å². The number of carbonyl (C=O) groups excluding carboxylic acids is 4. The highest BCUT2D eigenvalue weighted by Gasteiger charge is 2.24. The van der Waals surface area contributed by atoms with Crippen molar-refractivity contribution >= 4 is 45.8 Å². The molecule has 2 aromatic carbocycles. The Balaban J connectivity index is 1.06. The van der Waals surface area contributed by atoms with Gasteiger partial charge in [0.2, 0.25) is 11.8 Å². The predicted octanol–water partition coefficient (Wildman–Crippen LogP) is 6.04. The highest BCUT2D eigenvalue weighted by molar-refractivity contribution is 7.18. The second-order valence-electron chi connectivity index (χ2n) is 13.6. The summed E-state index contributed by atoms with van der Waals surface area (Å²) in [6.45, 7) is 6.69. The Morgan fingerprint density at radius 2 is 1.53 bits per heavy atom. The van der Waals surface area contributed by atoms with Crippen LogP contribution in [-0.2, 0) is 19.1 Å². The number of likely N-dealkylation sites (tertiary alicyclic amines) is 1. The van der Waals surface area contributed by atoms with Crippen LogP contribution in [0.4, 0.5) is 15.5 Å². The minimum atomic E-state index is -0.436. The molecule has 0 spiro atoms. The molecule has 53 heavy (non-hydrogen) atoms. The number of nitrogens with one attached hydrogen (secondary N) is 2. The average Bonchev–Trinajstić information content (AvgIpc) is 3.54. The Kier molecular flexibility index (Phi) is 16.6. The highest BCUT2D eigenvalue weighted by Crippen LogP contribution is 2.29. The second kappa shape index (κ2) is 21.3. The Bertz CT molecular complexity index is 1630. The predicted molar refractivity (Wildman–Crippen MR) is 212 cm³/mol. The number of rotatable bonds is 19. The van der Waals surface area contributed by atoms with Gasteiger partial charge in [-0.3, -0.25) is 19.7 Å². The quantitative estimate of drug-likeness (QED) is 0.142. The fourth-order valence-corrected chi connectivity index (χ4v) is 7.21. The summed E-state index contributed by atoms with van der Waals surface area (Å²) in [5.74, 6) is -0.0281. The number of anilines is 2. The Morgan fingerprint density at radius 1 is 0.849 bits per heavy atom. The molecule has 0 aliphatic carbocycles. The molecule has 3 aromatic rings. The summed E-state index contributed by atoms with van der Waals surface area (Å²) < 4.78 is 10.7. The minimum Gasteiger partial charge on any atom is -0.446 e. The van der Waals surface area contributed by atoms with Crippen LogP contribution >= 0.6 is 11.3 Å². The first kappa shape index (κ1) is 41.3. The topological polar surface area (TPSA) is 124 Å². The fraction of sp³-hybridized carbons (Fsp3) is 0.500. The van der Waals surface area contributed by atoms with Crippen molar-refractivity contribution in [1.29, 1.82) is 0 Å². The van der Waals surface area contributed by atoms with Gasteiger partial charge in [-0.25, -0.2) is 4.79 Å². The van der Waals surface area contributed by atoms with E-state index in [1.807, 2.05) is 79.5 Å². The van der Waals surface area contributed by atoms with Gasteiger partial charge in [0.15, 0.2) is 0 Å². The van der Waals surface area contributed by atoms with Crippen LogP contribution in [0.15, 0.2) is 60.7 Å². The zero-order chi connectivity index (χ0) is 38.2. The third-order valence-corrected chi connectivity index (χ3v) is 10.7. The molecular weight excluding hydrogens is 693 g/mol. The van der Waals surface area contributed by atoms with Crippen molar-refractivity contribution in [1.82, 2.24) is 19.6 Å². The van der Waals surface area contributed by atoms with Gasteiger partial charge in [-0.05, 0) is 55.9 Å². The number of amides is 4. The summed E-state index contributed by atoms with van der Waals surface area (Å²) in [5.41, 5.74) is 3.63. The van der Waals surface area contributed by atoms with Crippen molar-refractivity contribution in [2.75, 3.05) is 91.3 Å². The fourth-order valence-electron chi connectivity index (χ4n) is 6.11. The van der Waals surface area contributed by atoms with Crippen molar-refractivity contribution in [3.8, 4) is 11.1 Å². The molecule has 1 aliphatic rings. The Hall–Kier alpha value is -4.46. The molecule has 1 saturated heterocycles. The first-order valence-electron chi connectivity index (χ1n) is 18.5. The van der Waals surface area contributed by atoms with E-state index < -0.39 is 6.09 Å². The van der Waals surface area contributed by atoms with Gasteiger partial charge in [0, 0.05) is 86.1 Å². The number of hydrogen-bond donors (Lipinski definition) is 2. The van der Waals surface area contributed by atoms with Crippen LogP contribution in [0.25, 0.3) is 11.1 Å². The molecule has 1 aromatic heterocycles. The van der Waals surface area contributed by atoms with Gasteiger partial charge in [0.05, 0.1) is 15.6 Å². The van der Waals surface area contributed by atoms with E-state index in [4.69, 9.17) is 9.47 Å². The van der Waals surface area contributed by atoms with E-state index in [-0.39, 0.29) is 30.4 Å². The zero-order valence-electron chi connectivity index (χ0n) is 31.9. The van der Waals surface area contributed by atoms with Crippen molar-refractivity contribution in [3.05, 3.63) is 71.1 Å². The van der Waals surface area contributed by atoms with Gasteiger partial charge >= 0.3 is 6.09 Å². The number of aryl methyl sites for hydroxylation is 1. The molecule has 1 aliphatic heterocycles. The van der Waals surface area contributed by atoms with Crippen LogP contribution < -0.4 is 10.6 Å². The normalized spacial score (nSPS) is 13.3. The lowest BCUT2D eigenvalue weighted by Crippen LogP contribution is -2.42. The van der Waals surface area contributed by atoms with Crippen LogP contribution in [0.5, 0.6) is 0 Å². The first-order chi connectivity index (χ1) is 25.5. The first-order valence-corrected chi connectivity index (χ1v) is 19.3. The Labute approximate surface area is 318 Å². The molecular formula is C40H56N6O6S. The summed E-state index contributed by atoms with van der Waals surface area (Å²) in [7, 11) is 6.80. The number of nitrogens with zero attached hydrogens (tertiary/aromatic N) is 4. The lowest BCUT2D eigenvalue weighted by atomic mass is 10.0. The molecule has 2 heterocycles. The van der Waals surface area contributed by atoms with E-state index >= 15 is 0 Å². The molecule has 12 nitrogen and oxygen atoms in total. The van der Waals surface area contributed by atoms with Gasteiger partial charge in [0.1, 0.15) is 12.7 Å². The van der Waals surface area contributed by atoms with E-state index in [0.29, 0.717) is 30.9 Å². The summed E-state index contributed by atoms with van der Waals surface area (Å²) in [4.78, 5) is 58.5. The van der Waals surface area contributed by atoms with Gasteiger partial charge in [-0.2, -0.15) is 0 Å². The van der Waals surface area contributed by atoms with Crippen LogP contribution in [0, 0.1) is 6.92 Å². The molecule has 0 saturated carbocycles. The third-order valence-electron chi connectivity index (χ3n) is 9.52. The number of methoxy groups -OCH3 is 1. The maximum atomic E-state index is 13.0. The average molecular weight is 749 g/mol. The van der Waals surface area contributed by atoms with E-state index in [1.54, 1.807) is 23.9 Å². The zero-order valence-corrected chi connectivity index (χ0v) is 32.7. The van der Waals surface area contributed by atoms with E-state index in [1.165, 1.54) is 18.4 Å². The number of para-hydroxylation sites is 1. The van der Waals surface area contributed by atoms with Crippen molar-refractivity contribution < 1.29 is 28.7 Å². The minimum absolute atomic E-state index is 0.0237. The maximum Gasteiger partial charge on any atom is 0.411 e. The van der Waals surface area contributed by atoms with Crippen molar-refractivity contribution in [3.63, 3.8) is 0 Å². The molecule has 2 N–H and O–H groups in total. The van der Waals surface area contributed by atoms with E-state index in [9.17, 15) is 19.2 Å². The van der Waals surface area contributed by atoms with E-state index in [2.05, 4.69) is 15.5 Å². The summed E-state index contributed by atoms with van der Waals surface area (Å²) in [6, 6.07) is 19.7. The monoisotopic (exact) mass is 748 g/mol. The number of thiophene rings is 1. The number of carbonyl (C=O) groups is 4. The van der Waals surface area contributed by atoms with E-state index in [0.717, 1.165) is 85.7 Å². The molecule has 0 unspecified atom stereocenters. The summed E-state index contributed by atoms with van der Waals surface area (Å²) >= 11 is 1.44. The molecule has 1 fully saturated rings. The van der Waals surface area contributed by atoms with Crippen LogP contribution in [0.1, 0.15) is 53.8 Å². The lowest BCUT2D eigenvalue weighted by molar-refractivity contribution is -0.134. The molecule has 0 atom stereocenters. The number of ether oxygens (including phenoxy) is 2. The second-order valence-corrected chi connectivity index (χ2v) is 14.7. The molecule has 13 heteroatoms. The number of unbranched alkanes of at least 4 members (excludes halogenated alkanes) is 2. The van der Waals surface area contributed by atoms with Crippen LogP contribution in [0.3, 0.4) is 0 Å². The lowest BCUT2D eigenvalue weighted by Gasteiger charge is -2.32. The van der Waals surface area contributed by atoms with Crippen LogP contribution in [0.2, 0.25) is 0 Å². The third kappa shape index (κ3) is 13.2. The maximum absolute atomic E-state index is 13.0. The number of piperidine rings is 1. The van der Waals surface area contributed by atoms with Gasteiger partial charge in [-0.15, -0.1) is 11.3 Å². The molecule has 288 valence electrons. The summed E-state index contributed by atoms with van der Waals surface area (Å²) in [5, 5.41) is 7.31. The number of benzene rings is 2. The molecule has 0 radical (unpaired) electrons. The standard InChI is InChI=1S/C40H56N6O6S/c1-30-28-35(53-38(30)39(49)45(4)25-24-44(3)37(48)29-51-5)41-21-13-7-10-18-36(47)43(2)26-27-46-22-19-32(20-23-46)52-40(50)42-34-17-12-11-16-33(34)31-14-8-6-9-15-31/h6,8-9,11-12,14-17,28,32,41H,7,10,13,18-27,29H2,1-5H3,(H,42,50). The van der Waals surface area contributed by atoms with Crippen LogP contribution in [-0.4, -0.2) is 130 Å². The van der Waals surface area contributed by atoms with Gasteiger partial charge in [0.25, 0.3) is 5.91 Å². The molecule has 4 rings (SSSR count). The number of likely N-dealkylation sites (N-methyl/N-ethyl adjacent to an activating group) is 3. The SMILES string of the molecule is COCC(=O)N(C)CCN(C)C(=O)c1sc(NCCCCCC(=O)N(C)CCN2CCC(OC(=O)Nc3ccccc3-c3ccccc3)CC2)cc1C.